The van der Waals surface area contributed by atoms with Crippen LogP contribution in [0.4, 0.5) is 0 Å². The van der Waals surface area contributed by atoms with Crippen molar-refractivity contribution >= 4 is 54.5 Å². The van der Waals surface area contributed by atoms with Crippen LogP contribution in [-0.2, 0) is 0 Å². The van der Waals surface area contributed by atoms with Crippen LogP contribution in [-0.4, -0.2) is 0 Å². The fraction of sp³-hybridized carbons (Fsp3) is 0. The number of hydrogen-bond acceptors (Lipinski definition) is 2. The minimum Gasteiger partial charge on any atom is -0.456 e. The first-order valence-corrected chi connectivity index (χ1v) is 16.4. The second-order valence-electron chi connectivity index (χ2n) is 12.3. The Morgan fingerprint density at radius 2 is 0.812 bits per heavy atom. The molecule has 48 heavy (non-hydrogen) atoms. The largest absolute Gasteiger partial charge is 0.456 e. The van der Waals surface area contributed by atoms with Crippen LogP contribution in [0.1, 0.15) is 0 Å². The summed E-state index contributed by atoms with van der Waals surface area (Å²) in [7, 11) is 0. The Morgan fingerprint density at radius 1 is 0.292 bits per heavy atom. The predicted molar refractivity (Wildman–Crippen MR) is 200 cm³/mol. The van der Waals surface area contributed by atoms with Crippen molar-refractivity contribution in [3.63, 3.8) is 0 Å². The summed E-state index contributed by atoms with van der Waals surface area (Å²) in [4.78, 5) is 0. The molecule has 0 aliphatic heterocycles. The SMILES string of the molecule is c1ccc(-c2ccccc2-c2c3ccccc3c(-c3oc4c(ccc5oc6ccccc6c54)c3-c3ccccc3)c3ccccc23)cc1. The summed E-state index contributed by atoms with van der Waals surface area (Å²) in [6.07, 6.45) is 0. The molecule has 0 bridgehead atoms. The molecule has 0 radical (unpaired) electrons. The second-order valence-corrected chi connectivity index (χ2v) is 12.3. The van der Waals surface area contributed by atoms with Crippen molar-refractivity contribution in [1.82, 2.24) is 0 Å². The van der Waals surface area contributed by atoms with Crippen LogP contribution < -0.4 is 0 Å². The van der Waals surface area contributed by atoms with Crippen LogP contribution in [0.2, 0.25) is 0 Å². The second kappa shape index (κ2) is 10.6. The van der Waals surface area contributed by atoms with Crippen LogP contribution in [0.25, 0.3) is 99.2 Å². The van der Waals surface area contributed by atoms with Crippen molar-refractivity contribution in [1.29, 1.82) is 0 Å². The van der Waals surface area contributed by atoms with E-state index in [1.807, 2.05) is 12.1 Å². The Hall–Kier alpha value is -6.38. The molecule has 0 spiro atoms. The molecular weight excluding hydrogens is 585 g/mol. The third-order valence-corrected chi connectivity index (χ3v) is 9.70. The number of fused-ring (bicyclic) bond motifs is 7. The molecule has 2 nitrogen and oxygen atoms in total. The van der Waals surface area contributed by atoms with Crippen molar-refractivity contribution in [3.05, 3.63) is 170 Å². The highest BCUT2D eigenvalue weighted by Crippen LogP contribution is 2.51. The molecule has 0 aliphatic rings. The highest BCUT2D eigenvalue weighted by atomic mass is 16.3. The van der Waals surface area contributed by atoms with Crippen molar-refractivity contribution in [2.45, 2.75) is 0 Å². The highest BCUT2D eigenvalue weighted by molar-refractivity contribution is 6.26. The number of para-hydroxylation sites is 1. The molecule has 2 heterocycles. The summed E-state index contributed by atoms with van der Waals surface area (Å²) in [5.74, 6) is 0.865. The van der Waals surface area contributed by atoms with E-state index in [1.54, 1.807) is 0 Å². The van der Waals surface area contributed by atoms with E-state index < -0.39 is 0 Å². The molecule has 0 unspecified atom stereocenters. The Morgan fingerprint density at radius 3 is 1.48 bits per heavy atom. The van der Waals surface area contributed by atoms with Crippen molar-refractivity contribution in [3.8, 4) is 44.7 Å². The van der Waals surface area contributed by atoms with Gasteiger partial charge < -0.3 is 8.83 Å². The van der Waals surface area contributed by atoms with Gasteiger partial charge in [0.05, 0.1) is 5.39 Å². The van der Waals surface area contributed by atoms with Gasteiger partial charge in [0.15, 0.2) is 0 Å². The van der Waals surface area contributed by atoms with Crippen LogP contribution in [0.5, 0.6) is 0 Å². The van der Waals surface area contributed by atoms with E-state index in [4.69, 9.17) is 8.83 Å². The summed E-state index contributed by atoms with van der Waals surface area (Å²) in [6.45, 7) is 0. The topological polar surface area (TPSA) is 26.3 Å². The maximum atomic E-state index is 7.21. The molecule has 224 valence electrons. The maximum absolute atomic E-state index is 7.21. The van der Waals surface area contributed by atoms with Crippen LogP contribution >= 0.6 is 0 Å². The molecule has 0 aliphatic carbocycles. The number of furan rings is 2. The predicted octanol–water partition coefficient (Wildman–Crippen LogP) is 13.3. The summed E-state index contributed by atoms with van der Waals surface area (Å²) >= 11 is 0. The lowest BCUT2D eigenvalue weighted by Crippen LogP contribution is -1.93. The quantitative estimate of drug-likeness (QED) is 0.185. The highest BCUT2D eigenvalue weighted by Gasteiger charge is 2.26. The van der Waals surface area contributed by atoms with E-state index in [0.717, 1.165) is 66.1 Å². The molecule has 0 fully saturated rings. The molecule has 10 aromatic rings. The Bertz CT molecular complexity index is 2760. The van der Waals surface area contributed by atoms with E-state index >= 15 is 0 Å². The minimum absolute atomic E-state index is 0.825. The van der Waals surface area contributed by atoms with E-state index in [1.165, 1.54) is 33.0 Å². The zero-order valence-electron chi connectivity index (χ0n) is 26.0. The average Bonchev–Trinajstić information content (AvgIpc) is 3.73. The summed E-state index contributed by atoms with van der Waals surface area (Å²) < 4.78 is 13.5. The standard InChI is InChI=1S/C46H28O2/c1-3-15-29(16-4-1)31-19-7-8-20-32(31)42-33-21-9-11-23-35(33)43(36-24-12-10-22-34(36)42)46-41(30-17-5-2-6-18-30)38-27-28-40-44(45(38)48-46)37-25-13-14-26-39(37)47-40/h1-28H. The molecule has 2 heteroatoms. The number of rotatable bonds is 4. The van der Waals surface area contributed by atoms with Crippen LogP contribution in [0.15, 0.2) is 179 Å². The normalized spacial score (nSPS) is 11.8. The molecule has 0 amide bonds. The molecule has 2 aromatic heterocycles. The van der Waals surface area contributed by atoms with Gasteiger partial charge in [-0.1, -0.05) is 152 Å². The first kappa shape index (κ1) is 26.8. The third kappa shape index (κ3) is 3.93. The lowest BCUT2D eigenvalue weighted by molar-refractivity contribution is 0.636. The van der Waals surface area contributed by atoms with E-state index in [2.05, 4.69) is 158 Å². The molecular formula is C46H28O2. The van der Waals surface area contributed by atoms with Gasteiger partial charge in [0, 0.05) is 21.9 Å². The average molecular weight is 613 g/mol. The molecule has 0 atom stereocenters. The summed E-state index contributed by atoms with van der Waals surface area (Å²) in [6, 6.07) is 60.1. The van der Waals surface area contributed by atoms with Gasteiger partial charge in [0.1, 0.15) is 22.5 Å². The maximum Gasteiger partial charge on any atom is 0.147 e. The van der Waals surface area contributed by atoms with Gasteiger partial charge in [-0.2, -0.15) is 0 Å². The molecule has 10 rings (SSSR count). The number of benzene rings is 8. The van der Waals surface area contributed by atoms with Gasteiger partial charge in [-0.25, -0.2) is 0 Å². The monoisotopic (exact) mass is 612 g/mol. The first-order chi connectivity index (χ1) is 23.8. The van der Waals surface area contributed by atoms with E-state index in [9.17, 15) is 0 Å². The van der Waals surface area contributed by atoms with E-state index in [-0.39, 0.29) is 0 Å². The van der Waals surface area contributed by atoms with Crippen molar-refractivity contribution < 1.29 is 8.83 Å². The smallest absolute Gasteiger partial charge is 0.147 e. The van der Waals surface area contributed by atoms with Crippen LogP contribution in [0.3, 0.4) is 0 Å². The summed E-state index contributed by atoms with van der Waals surface area (Å²) in [5, 5.41) is 7.81. The Labute approximate surface area is 277 Å². The third-order valence-electron chi connectivity index (χ3n) is 9.70. The van der Waals surface area contributed by atoms with E-state index in [0.29, 0.717) is 0 Å². The Balaban J connectivity index is 1.37. The van der Waals surface area contributed by atoms with Gasteiger partial charge in [-0.15, -0.1) is 0 Å². The summed E-state index contributed by atoms with van der Waals surface area (Å²) in [5.41, 5.74) is 10.7. The van der Waals surface area contributed by atoms with Crippen molar-refractivity contribution in [2.75, 3.05) is 0 Å². The van der Waals surface area contributed by atoms with Crippen molar-refractivity contribution in [2.24, 2.45) is 0 Å². The minimum atomic E-state index is 0.825. The molecule has 0 saturated heterocycles. The number of hydrogen-bond donors (Lipinski definition) is 0. The fourth-order valence-corrected chi connectivity index (χ4v) is 7.66. The van der Waals surface area contributed by atoms with Gasteiger partial charge in [-0.05, 0) is 67.6 Å². The fourth-order valence-electron chi connectivity index (χ4n) is 7.66. The lowest BCUT2D eigenvalue weighted by Gasteiger charge is -2.19. The molecule has 8 aromatic carbocycles. The Kier molecular flexibility index (Phi) is 5.91. The van der Waals surface area contributed by atoms with Gasteiger partial charge in [0.25, 0.3) is 0 Å². The lowest BCUT2D eigenvalue weighted by atomic mass is 9.84. The van der Waals surface area contributed by atoms with Gasteiger partial charge in [-0.3, -0.25) is 0 Å². The first-order valence-electron chi connectivity index (χ1n) is 16.4. The zero-order chi connectivity index (χ0) is 31.6. The zero-order valence-corrected chi connectivity index (χ0v) is 26.0. The van der Waals surface area contributed by atoms with Gasteiger partial charge in [0.2, 0.25) is 0 Å². The molecule has 0 saturated carbocycles. The van der Waals surface area contributed by atoms with Gasteiger partial charge >= 0.3 is 0 Å². The molecule has 0 N–H and O–H groups in total. The van der Waals surface area contributed by atoms with Crippen LogP contribution in [0, 0.1) is 0 Å².